The molecule has 0 heterocycles. The number of alkyl halides is 3. The third-order valence-electron chi connectivity index (χ3n) is 2.39. The first-order valence-electron chi connectivity index (χ1n) is 5.75. The maximum Gasteiger partial charge on any atom is 0.389 e. The van der Waals surface area contributed by atoms with Gasteiger partial charge in [0.15, 0.2) is 5.78 Å². The van der Waals surface area contributed by atoms with Crippen molar-refractivity contribution < 1.29 is 27.4 Å². The number of benzene rings is 1. The molecule has 1 rings (SSSR count). The fraction of sp³-hybridized carbons (Fsp3) is 0.462. The first-order chi connectivity index (χ1) is 8.94. The van der Waals surface area contributed by atoms with Gasteiger partial charge in [0, 0.05) is 13.0 Å². The Bertz CT molecular complexity index is 416. The maximum atomic E-state index is 11.9. The van der Waals surface area contributed by atoms with E-state index in [-0.39, 0.29) is 25.4 Å². The normalized spacial score (nSPS) is 11.4. The van der Waals surface area contributed by atoms with Crippen LogP contribution in [0, 0.1) is 0 Å². The molecular formula is C13H15F3O3. The number of ketones is 1. The first kappa shape index (κ1) is 15.5. The van der Waals surface area contributed by atoms with Crippen LogP contribution < -0.4 is 4.74 Å². The van der Waals surface area contributed by atoms with Gasteiger partial charge in [0.1, 0.15) is 12.4 Å². The van der Waals surface area contributed by atoms with Gasteiger partial charge in [0.05, 0.1) is 12.7 Å². The molecule has 0 atom stereocenters. The topological polar surface area (TPSA) is 35.5 Å². The summed E-state index contributed by atoms with van der Waals surface area (Å²) in [6, 6.07) is 6.62. The Morgan fingerprint density at radius 2 is 1.95 bits per heavy atom. The summed E-state index contributed by atoms with van der Waals surface area (Å²) in [5.41, 5.74) is 0.362. The van der Waals surface area contributed by atoms with Gasteiger partial charge in [-0.1, -0.05) is 12.1 Å². The third-order valence-corrected chi connectivity index (χ3v) is 2.39. The predicted molar refractivity (Wildman–Crippen MR) is 63.4 cm³/mol. The fourth-order valence-corrected chi connectivity index (χ4v) is 1.49. The molecule has 3 nitrogen and oxygen atoms in total. The van der Waals surface area contributed by atoms with E-state index >= 15 is 0 Å². The Morgan fingerprint density at radius 1 is 1.26 bits per heavy atom. The zero-order valence-electron chi connectivity index (χ0n) is 10.5. The van der Waals surface area contributed by atoms with Crippen LogP contribution in [0.3, 0.4) is 0 Å². The Morgan fingerprint density at radius 3 is 2.58 bits per heavy atom. The van der Waals surface area contributed by atoms with Crippen molar-refractivity contribution in [2.45, 2.75) is 19.0 Å². The number of para-hydroxylation sites is 1. The second-order valence-electron chi connectivity index (χ2n) is 3.89. The molecule has 0 aliphatic rings. The molecule has 0 aromatic heterocycles. The molecule has 1 aromatic rings. The van der Waals surface area contributed by atoms with Crippen molar-refractivity contribution in [2.24, 2.45) is 0 Å². The lowest BCUT2D eigenvalue weighted by Crippen LogP contribution is -2.13. The summed E-state index contributed by atoms with van der Waals surface area (Å²) in [5.74, 6) is 0.107. The standard InChI is InChI=1S/C13H15F3O3/c1-18-12-6-3-2-5-10(12)11(17)9-19-8-4-7-13(14,15)16/h2-3,5-6H,4,7-9H2,1H3. The van der Waals surface area contributed by atoms with Gasteiger partial charge in [-0.2, -0.15) is 13.2 Å². The van der Waals surface area contributed by atoms with E-state index in [2.05, 4.69) is 0 Å². The van der Waals surface area contributed by atoms with Gasteiger partial charge < -0.3 is 9.47 Å². The number of methoxy groups -OCH3 is 1. The molecule has 19 heavy (non-hydrogen) atoms. The minimum atomic E-state index is -4.18. The smallest absolute Gasteiger partial charge is 0.389 e. The molecule has 0 radical (unpaired) electrons. The Hall–Kier alpha value is -1.56. The first-order valence-corrected chi connectivity index (χ1v) is 5.75. The second-order valence-corrected chi connectivity index (χ2v) is 3.89. The van der Waals surface area contributed by atoms with E-state index in [4.69, 9.17) is 9.47 Å². The maximum absolute atomic E-state index is 11.9. The minimum Gasteiger partial charge on any atom is -0.496 e. The lowest BCUT2D eigenvalue weighted by Gasteiger charge is -2.08. The van der Waals surface area contributed by atoms with Crippen LogP contribution in [-0.4, -0.2) is 32.3 Å². The largest absolute Gasteiger partial charge is 0.496 e. The van der Waals surface area contributed by atoms with Crippen LogP contribution in [0.25, 0.3) is 0 Å². The molecule has 106 valence electrons. The van der Waals surface area contributed by atoms with Gasteiger partial charge in [-0.25, -0.2) is 0 Å². The summed E-state index contributed by atoms with van der Waals surface area (Å²) in [6.07, 6.45) is -5.24. The van der Waals surface area contributed by atoms with Crippen LogP contribution in [0.2, 0.25) is 0 Å². The highest BCUT2D eigenvalue weighted by Gasteiger charge is 2.26. The highest BCUT2D eigenvalue weighted by molar-refractivity contribution is 5.99. The van der Waals surface area contributed by atoms with Crippen LogP contribution in [0.5, 0.6) is 5.75 Å². The lowest BCUT2D eigenvalue weighted by molar-refractivity contribution is -0.137. The van der Waals surface area contributed by atoms with E-state index in [1.807, 2.05) is 0 Å². The summed E-state index contributed by atoms with van der Waals surface area (Å²) in [7, 11) is 1.44. The van der Waals surface area contributed by atoms with Crippen LogP contribution in [0.1, 0.15) is 23.2 Å². The molecule has 0 amide bonds. The summed E-state index contributed by atoms with van der Waals surface area (Å²) in [4.78, 5) is 11.8. The van der Waals surface area contributed by atoms with E-state index in [9.17, 15) is 18.0 Å². The Kier molecular flexibility index (Phi) is 5.82. The van der Waals surface area contributed by atoms with Crippen molar-refractivity contribution >= 4 is 5.78 Å². The van der Waals surface area contributed by atoms with Crippen LogP contribution in [-0.2, 0) is 4.74 Å². The van der Waals surface area contributed by atoms with Gasteiger partial charge in [-0.05, 0) is 18.6 Å². The number of Topliss-reactive ketones (excluding diaryl/α,β-unsaturated/α-hetero) is 1. The van der Waals surface area contributed by atoms with Crippen molar-refractivity contribution in [3.63, 3.8) is 0 Å². The lowest BCUT2D eigenvalue weighted by atomic mass is 10.1. The van der Waals surface area contributed by atoms with Crippen molar-refractivity contribution in [1.82, 2.24) is 0 Å². The van der Waals surface area contributed by atoms with Gasteiger partial charge in [0.25, 0.3) is 0 Å². The van der Waals surface area contributed by atoms with Crippen LogP contribution >= 0.6 is 0 Å². The van der Waals surface area contributed by atoms with Crippen LogP contribution in [0.4, 0.5) is 13.2 Å². The molecule has 6 heteroatoms. The van der Waals surface area contributed by atoms with Gasteiger partial charge in [-0.3, -0.25) is 4.79 Å². The third kappa shape index (κ3) is 5.74. The average molecular weight is 276 g/mol. The van der Waals surface area contributed by atoms with E-state index in [1.165, 1.54) is 7.11 Å². The Balaban J connectivity index is 2.35. The highest BCUT2D eigenvalue weighted by atomic mass is 19.4. The molecule has 0 N–H and O–H groups in total. The van der Waals surface area contributed by atoms with Gasteiger partial charge in [-0.15, -0.1) is 0 Å². The van der Waals surface area contributed by atoms with Crippen molar-refractivity contribution in [3.8, 4) is 5.75 Å². The molecule has 0 unspecified atom stereocenters. The zero-order valence-corrected chi connectivity index (χ0v) is 10.5. The monoisotopic (exact) mass is 276 g/mol. The summed E-state index contributed by atoms with van der Waals surface area (Å²) >= 11 is 0. The molecule has 1 aromatic carbocycles. The van der Waals surface area contributed by atoms with Crippen molar-refractivity contribution in [2.75, 3.05) is 20.3 Å². The van der Waals surface area contributed by atoms with E-state index < -0.39 is 12.6 Å². The number of ether oxygens (including phenoxy) is 2. The molecule has 0 aliphatic carbocycles. The van der Waals surface area contributed by atoms with Crippen molar-refractivity contribution in [3.05, 3.63) is 29.8 Å². The summed E-state index contributed by atoms with van der Waals surface area (Å²) < 4.78 is 45.6. The predicted octanol–water partition coefficient (Wildman–Crippen LogP) is 3.24. The molecular weight excluding hydrogens is 261 g/mol. The number of hydrogen-bond donors (Lipinski definition) is 0. The number of rotatable bonds is 7. The average Bonchev–Trinajstić information content (AvgIpc) is 2.36. The van der Waals surface area contributed by atoms with E-state index in [1.54, 1.807) is 24.3 Å². The van der Waals surface area contributed by atoms with Gasteiger partial charge >= 0.3 is 6.18 Å². The number of hydrogen-bond acceptors (Lipinski definition) is 3. The number of halogens is 3. The molecule has 0 bridgehead atoms. The summed E-state index contributed by atoms with van der Waals surface area (Å²) in [6.45, 7) is -0.349. The number of carbonyl (C=O) groups excluding carboxylic acids is 1. The quantitative estimate of drug-likeness (QED) is 0.566. The molecule has 0 fully saturated rings. The molecule has 0 saturated heterocycles. The molecule has 0 aliphatic heterocycles. The Labute approximate surface area is 109 Å². The molecule has 0 spiro atoms. The van der Waals surface area contributed by atoms with Crippen LogP contribution in [0.15, 0.2) is 24.3 Å². The zero-order chi connectivity index (χ0) is 14.3. The fourth-order valence-electron chi connectivity index (χ4n) is 1.49. The molecule has 0 saturated carbocycles. The SMILES string of the molecule is COc1ccccc1C(=O)COCCCC(F)(F)F. The number of carbonyl (C=O) groups is 1. The minimum absolute atomic E-state index is 0.0968. The van der Waals surface area contributed by atoms with Crippen molar-refractivity contribution in [1.29, 1.82) is 0 Å². The summed E-state index contributed by atoms with van der Waals surface area (Å²) in [5, 5.41) is 0. The highest BCUT2D eigenvalue weighted by Crippen LogP contribution is 2.21. The van der Waals surface area contributed by atoms with Gasteiger partial charge in [0.2, 0.25) is 0 Å². The van der Waals surface area contributed by atoms with E-state index in [0.717, 1.165) is 0 Å². The van der Waals surface area contributed by atoms with E-state index in [0.29, 0.717) is 11.3 Å². The second kappa shape index (κ2) is 7.13.